The molecule has 0 spiro atoms. The molecule has 2 heterocycles. The Morgan fingerprint density at radius 3 is 2.70 bits per heavy atom. The van der Waals surface area contributed by atoms with E-state index in [1.54, 1.807) is 23.6 Å². The van der Waals surface area contributed by atoms with Gasteiger partial charge in [0.2, 0.25) is 0 Å². The van der Waals surface area contributed by atoms with Gasteiger partial charge in [0.1, 0.15) is 0 Å². The van der Waals surface area contributed by atoms with E-state index in [-0.39, 0.29) is 21.3 Å². The lowest BCUT2D eigenvalue weighted by Crippen LogP contribution is -2.35. The third kappa shape index (κ3) is 5.70. The van der Waals surface area contributed by atoms with Crippen LogP contribution in [0, 0.1) is 10.1 Å². The van der Waals surface area contributed by atoms with Crippen molar-refractivity contribution in [1.82, 2.24) is 4.98 Å². The lowest BCUT2D eigenvalue weighted by atomic mass is 10.0. The number of esters is 1. The standard InChI is InChI=1S/C27H22N4O7S2/c32-25(29-27-28-23(17-39-27)19-7-3-10-21(14-19)31(34)35)16-38-26(33)20-8-4-11-22(15-20)40(36,37)30-13-5-9-18-6-1-2-12-24(18)30/h1-4,6-8,10-12,14-15,17H,5,9,13,16H2,(H,28,29,32). The van der Waals surface area contributed by atoms with Gasteiger partial charge in [0, 0.05) is 29.6 Å². The van der Waals surface area contributed by atoms with Crippen LogP contribution in [0.25, 0.3) is 11.3 Å². The summed E-state index contributed by atoms with van der Waals surface area (Å²) in [6, 6.07) is 18.8. The molecule has 0 bridgehead atoms. The number of benzene rings is 3. The number of nitro benzene ring substituents is 1. The lowest BCUT2D eigenvalue weighted by molar-refractivity contribution is -0.384. The van der Waals surface area contributed by atoms with Crippen LogP contribution in [0.1, 0.15) is 22.3 Å². The number of carbonyl (C=O) groups excluding carboxylic acids is 2. The van der Waals surface area contributed by atoms with Crippen molar-refractivity contribution in [3.63, 3.8) is 0 Å². The summed E-state index contributed by atoms with van der Waals surface area (Å²) in [4.78, 5) is 39.7. The topological polar surface area (TPSA) is 149 Å². The maximum absolute atomic E-state index is 13.4. The molecule has 13 heteroatoms. The van der Waals surface area contributed by atoms with Crippen LogP contribution >= 0.6 is 11.3 Å². The molecule has 0 saturated heterocycles. The number of hydrogen-bond donors (Lipinski definition) is 1. The van der Waals surface area contributed by atoms with Crippen LogP contribution in [-0.2, 0) is 26.0 Å². The van der Waals surface area contributed by atoms with E-state index in [0.29, 0.717) is 29.9 Å². The molecule has 1 aliphatic heterocycles. The van der Waals surface area contributed by atoms with Crippen LogP contribution in [0.4, 0.5) is 16.5 Å². The normalized spacial score (nSPS) is 12.8. The van der Waals surface area contributed by atoms with Crippen LogP contribution in [-0.4, -0.2) is 43.4 Å². The smallest absolute Gasteiger partial charge is 0.338 e. The van der Waals surface area contributed by atoms with Crippen molar-refractivity contribution < 1.29 is 27.7 Å². The van der Waals surface area contributed by atoms with Gasteiger partial charge >= 0.3 is 5.97 Å². The first-order valence-corrected chi connectivity index (χ1v) is 14.4. The number of amides is 1. The zero-order valence-corrected chi connectivity index (χ0v) is 22.5. The number of nitrogens with zero attached hydrogens (tertiary/aromatic N) is 3. The molecule has 0 fully saturated rings. The Morgan fingerprint density at radius 2 is 1.88 bits per heavy atom. The van der Waals surface area contributed by atoms with Gasteiger partial charge in [-0.05, 0) is 42.7 Å². The monoisotopic (exact) mass is 578 g/mol. The highest BCUT2D eigenvalue weighted by atomic mass is 32.2. The van der Waals surface area contributed by atoms with Gasteiger partial charge in [0.05, 0.1) is 26.8 Å². The number of ether oxygens (including phenoxy) is 1. The Bertz CT molecular complexity index is 1720. The molecule has 5 rings (SSSR count). The predicted octanol–water partition coefficient (Wildman–Crippen LogP) is 4.66. The van der Waals surface area contributed by atoms with Crippen LogP contribution in [0.5, 0.6) is 0 Å². The Morgan fingerprint density at radius 1 is 1.07 bits per heavy atom. The summed E-state index contributed by atoms with van der Waals surface area (Å²) < 4.78 is 33.3. The Kier molecular flexibility index (Phi) is 7.58. The fraction of sp³-hybridized carbons (Fsp3) is 0.148. The van der Waals surface area contributed by atoms with Crippen molar-refractivity contribution in [2.24, 2.45) is 0 Å². The highest BCUT2D eigenvalue weighted by molar-refractivity contribution is 7.92. The number of non-ortho nitro benzene ring substituents is 1. The lowest BCUT2D eigenvalue weighted by Gasteiger charge is -2.30. The van der Waals surface area contributed by atoms with Crippen molar-refractivity contribution in [2.75, 3.05) is 22.8 Å². The van der Waals surface area contributed by atoms with E-state index < -0.39 is 33.4 Å². The first-order chi connectivity index (χ1) is 19.2. The highest BCUT2D eigenvalue weighted by Gasteiger charge is 2.29. The average molecular weight is 579 g/mol. The zero-order valence-electron chi connectivity index (χ0n) is 20.8. The van der Waals surface area contributed by atoms with Gasteiger partial charge in [-0.15, -0.1) is 11.3 Å². The number of hydrogen-bond acceptors (Lipinski definition) is 9. The fourth-order valence-electron chi connectivity index (χ4n) is 4.27. The van der Waals surface area contributed by atoms with E-state index in [2.05, 4.69) is 10.3 Å². The van der Waals surface area contributed by atoms with Gasteiger partial charge in [-0.1, -0.05) is 36.4 Å². The minimum absolute atomic E-state index is 0.0126. The maximum Gasteiger partial charge on any atom is 0.338 e. The highest BCUT2D eigenvalue weighted by Crippen LogP contribution is 2.32. The molecule has 204 valence electrons. The van der Waals surface area contributed by atoms with Crippen molar-refractivity contribution in [3.8, 4) is 11.3 Å². The zero-order chi connectivity index (χ0) is 28.3. The van der Waals surface area contributed by atoms with Gasteiger partial charge in [0.25, 0.3) is 21.6 Å². The Hall–Kier alpha value is -4.62. The summed E-state index contributed by atoms with van der Waals surface area (Å²) >= 11 is 1.11. The van der Waals surface area contributed by atoms with Crippen molar-refractivity contribution in [2.45, 2.75) is 17.7 Å². The summed E-state index contributed by atoms with van der Waals surface area (Å²) in [6.45, 7) is -0.297. The van der Waals surface area contributed by atoms with Crippen molar-refractivity contribution in [3.05, 3.63) is 99.4 Å². The van der Waals surface area contributed by atoms with Crippen LogP contribution in [0.15, 0.2) is 83.1 Å². The molecule has 0 atom stereocenters. The second-order valence-corrected chi connectivity index (χ2v) is 11.5. The van der Waals surface area contributed by atoms with E-state index >= 15 is 0 Å². The molecule has 1 aromatic heterocycles. The quantitative estimate of drug-likeness (QED) is 0.180. The molecule has 1 N–H and O–H groups in total. The van der Waals surface area contributed by atoms with Crippen molar-refractivity contribution >= 4 is 49.7 Å². The molecule has 40 heavy (non-hydrogen) atoms. The fourth-order valence-corrected chi connectivity index (χ4v) is 6.60. The third-order valence-electron chi connectivity index (χ3n) is 6.16. The Labute approximate surface area is 233 Å². The molecular weight excluding hydrogens is 556 g/mol. The van der Waals surface area contributed by atoms with Crippen LogP contribution in [0.3, 0.4) is 0 Å². The number of nitrogens with one attached hydrogen (secondary N) is 1. The number of fused-ring (bicyclic) bond motifs is 1. The number of sulfonamides is 1. The summed E-state index contributed by atoms with van der Waals surface area (Å²) in [6.07, 6.45) is 1.46. The number of anilines is 2. The third-order valence-corrected chi connectivity index (χ3v) is 8.73. The summed E-state index contributed by atoms with van der Waals surface area (Å²) in [5, 5.41) is 15.4. The van der Waals surface area contributed by atoms with Crippen molar-refractivity contribution in [1.29, 1.82) is 0 Å². The number of nitro groups is 1. The van der Waals surface area contributed by atoms with E-state index in [9.17, 15) is 28.1 Å². The number of aromatic nitrogens is 1. The molecule has 0 saturated carbocycles. The van der Waals surface area contributed by atoms with Gasteiger partial charge in [-0.3, -0.25) is 24.5 Å². The molecule has 11 nitrogen and oxygen atoms in total. The minimum atomic E-state index is -3.93. The molecule has 1 aliphatic rings. The average Bonchev–Trinajstić information content (AvgIpc) is 3.44. The molecule has 0 unspecified atom stereocenters. The summed E-state index contributed by atoms with van der Waals surface area (Å²) in [7, 11) is -3.93. The van der Waals surface area contributed by atoms with Crippen LogP contribution < -0.4 is 9.62 Å². The summed E-state index contributed by atoms with van der Waals surface area (Å²) in [5.41, 5.74) is 2.42. The SMILES string of the molecule is O=C(COC(=O)c1cccc(S(=O)(=O)N2CCCc3ccccc32)c1)Nc1nc(-c2cccc([N+](=O)[O-])c2)cs1. The van der Waals surface area contributed by atoms with Crippen LogP contribution in [0.2, 0.25) is 0 Å². The van der Waals surface area contributed by atoms with E-state index in [4.69, 9.17) is 4.74 Å². The predicted molar refractivity (Wildman–Crippen MR) is 149 cm³/mol. The molecule has 0 aliphatic carbocycles. The number of para-hydroxylation sites is 1. The number of carbonyl (C=O) groups is 2. The van der Waals surface area contributed by atoms with Gasteiger partial charge < -0.3 is 4.74 Å². The number of aryl methyl sites for hydroxylation is 1. The first kappa shape index (κ1) is 27.0. The van der Waals surface area contributed by atoms with E-state index in [1.807, 2.05) is 12.1 Å². The Balaban J connectivity index is 1.22. The molecular formula is C27H22N4O7S2. The van der Waals surface area contributed by atoms with Gasteiger partial charge in [0.15, 0.2) is 11.7 Å². The van der Waals surface area contributed by atoms with Gasteiger partial charge in [-0.25, -0.2) is 18.2 Å². The number of rotatable bonds is 8. The number of thiazole rings is 1. The minimum Gasteiger partial charge on any atom is -0.452 e. The molecule has 0 radical (unpaired) electrons. The second kappa shape index (κ2) is 11.2. The maximum atomic E-state index is 13.4. The van der Waals surface area contributed by atoms with Gasteiger partial charge in [-0.2, -0.15) is 0 Å². The van der Waals surface area contributed by atoms with E-state index in [0.717, 1.165) is 23.3 Å². The molecule has 1 amide bonds. The van der Waals surface area contributed by atoms with E-state index in [1.165, 1.54) is 46.8 Å². The molecule has 4 aromatic rings. The largest absolute Gasteiger partial charge is 0.452 e. The summed E-state index contributed by atoms with van der Waals surface area (Å²) in [5.74, 6) is -1.51. The first-order valence-electron chi connectivity index (χ1n) is 12.1. The second-order valence-electron chi connectivity index (χ2n) is 8.81. The molecule has 3 aromatic carbocycles.